The summed E-state index contributed by atoms with van der Waals surface area (Å²) >= 11 is 0. The van der Waals surface area contributed by atoms with Crippen molar-refractivity contribution < 1.29 is 14.7 Å². The first-order valence-corrected chi connectivity index (χ1v) is 19.8. The van der Waals surface area contributed by atoms with E-state index in [0.29, 0.717) is 19.3 Å². The molecule has 0 aliphatic heterocycles. The Kier molecular flexibility index (Phi) is 33.6. The van der Waals surface area contributed by atoms with Crippen molar-refractivity contribution in [3.05, 3.63) is 0 Å². The van der Waals surface area contributed by atoms with Gasteiger partial charge < -0.3 is 5.11 Å². The third kappa shape index (κ3) is 28.5. The maximum atomic E-state index is 12.9. The zero-order chi connectivity index (χ0) is 31.6. The van der Waals surface area contributed by atoms with E-state index in [1.165, 1.54) is 167 Å². The van der Waals surface area contributed by atoms with Crippen LogP contribution in [0, 0.1) is 5.92 Å². The first-order valence-electron chi connectivity index (χ1n) is 19.8. The van der Waals surface area contributed by atoms with Crippen molar-refractivity contribution in [3.63, 3.8) is 0 Å². The van der Waals surface area contributed by atoms with Crippen LogP contribution in [0.1, 0.15) is 233 Å². The van der Waals surface area contributed by atoms with Crippen LogP contribution in [0.3, 0.4) is 0 Å². The fourth-order valence-corrected chi connectivity index (χ4v) is 6.50. The Bertz CT molecular complexity index is 540. The van der Waals surface area contributed by atoms with Crippen LogP contribution in [0.4, 0.5) is 0 Å². The lowest BCUT2D eigenvalue weighted by molar-refractivity contribution is -0.137. The molecule has 0 spiro atoms. The van der Waals surface area contributed by atoms with Gasteiger partial charge in [-0.05, 0) is 19.3 Å². The van der Waals surface area contributed by atoms with E-state index in [2.05, 4.69) is 13.8 Å². The SMILES string of the molecule is CCCCCCCCCCCCCCCCCC(=O)C(C(=O)CCCCCCCCCCCCCCCCC)C(O)CC. The first-order chi connectivity index (χ1) is 21.1. The van der Waals surface area contributed by atoms with Gasteiger partial charge in [0.25, 0.3) is 0 Å². The summed E-state index contributed by atoms with van der Waals surface area (Å²) in [5.74, 6) is -0.826. The van der Waals surface area contributed by atoms with Gasteiger partial charge in [-0.2, -0.15) is 0 Å². The number of Topliss-reactive ketones (excluding diaryl/α,β-unsaturated/α-hetero) is 2. The van der Waals surface area contributed by atoms with Crippen LogP contribution in [0.25, 0.3) is 0 Å². The number of aliphatic hydroxyl groups is 1. The number of unbranched alkanes of at least 4 members (excludes halogenated alkanes) is 28. The highest BCUT2D eigenvalue weighted by Crippen LogP contribution is 2.20. The third-order valence-electron chi connectivity index (χ3n) is 9.55. The van der Waals surface area contributed by atoms with E-state index in [0.717, 1.165) is 25.7 Å². The number of carbonyl (C=O) groups is 2. The molecule has 3 heteroatoms. The number of carbonyl (C=O) groups excluding carboxylic acids is 2. The molecule has 0 radical (unpaired) electrons. The summed E-state index contributed by atoms with van der Waals surface area (Å²) in [5, 5.41) is 10.5. The highest BCUT2D eigenvalue weighted by atomic mass is 16.3. The lowest BCUT2D eigenvalue weighted by atomic mass is 9.86. The van der Waals surface area contributed by atoms with E-state index in [1.807, 2.05) is 6.92 Å². The van der Waals surface area contributed by atoms with Crippen molar-refractivity contribution in [3.8, 4) is 0 Å². The molecule has 0 aromatic heterocycles. The molecule has 1 atom stereocenters. The number of aliphatic hydroxyl groups excluding tert-OH is 1. The molecule has 0 aliphatic rings. The lowest BCUT2D eigenvalue weighted by Gasteiger charge is -2.19. The van der Waals surface area contributed by atoms with Gasteiger partial charge in [-0.25, -0.2) is 0 Å². The third-order valence-corrected chi connectivity index (χ3v) is 9.55. The summed E-state index contributed by atoms with van der Waals surface area (Å²) < 4.78 is 0. The second-order valence-electron chi connectivity index (χ2n) is 13.8. The largest absolute Gasteiger partial charge is 0.392 e. The molecule has 0 rings (SSSR count). The van der Waals surface area contributed by atoms with Crippen LogP contribution < -0.4 is 0 Å². The number of hydrogen-bond donors (Lipinski definition) is 1. The molecule has 0 aliphatic carbocycles. The molecular formula is C40H78O3. The Morgan fingerprint density at radius 3 is 0.791 bits per heavy atom. The maximum absolute atomic E-state index is 12.9. The summed E-state index contributed by atoms with van der Waals surface area (Å²) in [6, 6.07) is 0. The molecule has 0 heterocycles. The van der Waals surface area contributed by atoms with Crippen LogP contribution in [-0.2, 0) is 9.59 Å². The second kappa shape index (κ2) is 34.2. The topological polar surface area (TPSA) is 54.4 Å². The van der Waals surface area contributed by atoms with Crippen molar-refractivity contribution >= 4 is 11.6 Å². The smallest absolute Gasteiger partial charge is 0.145 e. The van der Waals surface area contributed by atoms with Gasteiger partial charge in [-0.1, -0.05) is 201 Å². The quantitative estimate of drug-likeness (QED) is 0.0570. The molecule has 0 saturated carbocycles. The van der Waals surface area contributed by atoms with Gasteiger partial charge in [0.1, 0.15) is 17.5 Å². The number of rotatable bonds is 36. The van der Waals surface area contributed by atoms with Gasteiger partial charge in [0.15, 0.2) is 0 Å². The van der Waals surface area contributed by atoms with Gasteiger partial charge >= 0.3 is 0 Å². The Labute approximate surface area is 270 Å². The molecule has 0 fully saturated rings. The molecule has 3 nitrogen and oxygen atoms in total. The average molecular weight is 607 g/mol. The van der Waals surface area contributed by atoms with Crippen LogP contribution in [0.2, 0.25) is 0 Å². The predicted octanol–water partition coefficient (Wildman–Crippen LogP) is 13.0. The minimum Gasteiger partial charge on any atom is -0.392 e. The van der Waals surface area contributed by atoms with Gasteiger partial charge in [0.2, 0.25) is 0 Å². The fraction of sp³-hybridized carbons (Fsp3) is 0.950. The van der Waals surface area contributed by atoms with Crippen molar-refractivity contribution in [2.45, 2.75) is 239 Å². The Hall–Kier alpha value is -0.700. The monoisotopic (exact) mass is 607 g/mol. The minimum atomic E-state index is -0.812. The summed E-state index contributed by atoms with van der Waals surface area (Å²) in [7, 11) is 0. The van der Waals surface area contributed by atoms with Crippen molar-refractivity contribution in [2.24, 2.45) is 5.92 Å². The van der Waals surface area contributed by atoms with E-state index in [-0.39, 0.29) is 11.6 Å². The minimum absolute atomic E-state index is 0.0185. The molecule has 0 aromatic carbocycles. The Morgan fingerprint density at radius 2 is 0.581 bits per heavy atom. The second-order valence-corrected chi connectivity index (χ2v) is 13.8. The molecular weight excluding hydrogens is 528 g/mol. The van der Waals surface area contributed by atoms with E-state index in [4.69, 9.17) is 0 Å². The summed E-state index contributed by atoms with van der Waals surface area (Å²) in [6.45, 7) is 6.43. The average Bonchev–Trinajstić information content (AvgIpc) is 3.01. The highest BCUT2D eigenvalue weighted by molar-refractivity contribution is 6.02. The Morgan fingerprint density at radius 1 is 0.372 bits per heavy atom. The molecule has 1 N–H and O–H groups in total. The van der Waals surface area contributed by atoms with Gasteiger partial charge in [-0.3, -0.25) is 9.59 Å². The summed E-state index contributed by atoms with van der Waals surface area (Å²) in [4.78, 5) is 25.8. The molecule has 0 amide bonds. The predicted molar refractivity (Wildman–Crippen MR) is 189 cm³/mol. The lowest BCUT2D eigenvalue weighted by Crippen LogP contribution is -2.34. The fourth-order valence-electron chi connectivity index (χ4n) is 6.50. The molecule has 0 aromatic rings. The van der Waals surface area contributed by atoms with Gasteiger partial charge in [0.05, 0.1) is 6.10 Å². The molecule has 43 heavy (non-hydrogen) atoms. The first kappa shape index (κ1) is 42.3. The zero-order valence-electron chi connectivity index (χ0n) is 29.8. The summed E-state index contributed by atoms with van der Waals surface area (Å²) in [6.07, 6.45) is 39.6. The Balaban J connectivity index is 3.77. The van der Waals surface area contributed by atoms with Crippen LogP contribution in [0.5, 0.6) is 0 Å². The van der Waals surface area contributed by atoms with E-state index in [9.17, 15) is 14.7 Å². The van der Waals surface area contributed by atoms with Crippen LogP contribution in [0.15, 0.2) is 0 Å². The van der Waals surface area contributed by atoms with Gasteiger partial charge in [-0.15, -0.1) is 0 Å². The summed E-state index contributed by atoms with van der Waals surface area (Å²) in [5.41, 5.74) is 0. The normalized spacial score (nSPS) is 12.3. The van der Waals surface area contributed by atoms with Gasteiger partial charge in [0, 0.05) is 12.8 Å². The van der Waals surface area contributed by atoms with Crippen molar-refractivity contribution in [1.82, 2.24) is 0 Å². The molecule has 256 valence electrons. The molecule has 0 saturated heterocycles. The number of hydrogen-bond acceptors (Lipinski definition) is 3. The molecule has 0 bridgehead atoms. The number of ketones is 2. The van der Waals surface area contributed by atoms with Crippen LogP contribution >= 0.6 is 0 Å². The highest BCUT2D eigenvalue weighted by Gasteiger charge is 2.31. The maximum Gasteiger partial charge on any atom is 0.145 e. The standard InChI is InChI=1S/C40H78O3/c1-4-7-9-11-13-15-17-19-21-23-25-27-29-31-33-35-38(42)40(37(41)6-3)39(43)36-34-32-30-28-26-24-22-20-18-16-14-12-10-8-5-2/h37,40-41H,4-36H2,1-3H3. The van der Waals surface area contributed by atoms with Crippen molar-refractivity contribution in [2.75, 3.05) is 0 Å². The van der Waals surface area contributed by atoms with Crippen LogP contribution in [-0.4, -0.2) is 22.8 Å². The van der Waals surface area contributed by atoms with E-state index < -0.39 is 12.0 Å². The molecule has 1 unspecified atom stereocenters. The zero-order valence-corrected chi connectivity index (χ0v) is 29.8. The van der Waals surface area contributed by atoms with E-state index in [1.54, 1.807) is 0 Å². The van der Waals surface area contributed by atoms with E-state index >= 15 is 0 Å². The van der Waals surface area contributed by atoms with Crippen molar-refractivity contribution in [1.29, 1.82) is 0 Å².